The molecule has 0 atom stereocenters. The average Bonchev–Trinajstić information content (AvgIpc) is 3.15. The molecule has 2 amide bonds. The molecule has 0 aromatic heterocycles. The molecule has 1 aromatic carbocycles. The summed E-state index contributed by atoms with van der Waals surface area (Å²) in [5.74, 6) is 0.118. The van der Waals surface area contributed by atoms with Crippen molar-refractivity contribution in [3.63, 3.8) is 0 Å². The SMILES string of the molecule is CC(=O)c1cccc(NC(=O)C2CCC(C(=O)NC3CCCC3)CC2)c1. The number of carbonyl (C=O) groups is 3. The van der Waals surface area contributed by atoms with E-state index in [1.54, 1.807) is 24.3 Å². The highest BCUT2D eigenvalue weighted by atomic mass is 16.2. The van der Waals surface area contributed by atoms with Gasteiger partial charge < -0.3 is 10.6 Å². The average molecular weight is 356 g/mol. The normalized spacial score (nSPS) is 23.4. The molecule has 140 valence electrons. The number of carbonyl (C=O) groups excluding carboxylic acids is 3. The maximum Gasteiger partial charge on any atom is 0.227 e. The minimum atomic E-state index is -0.0634. The van der Waals surface area contributed by atoms with E-state index in [1.807, 2.05) is 0 Å². The van der Waals surface area contributed by atoms with Crippen molar-refractivity contribution in [2.45, 2.75) is 64.3 Å². The van der Waals surface area contributed by atoms with Crippen LogP contribution < -0.4 is 10.6 Å². The number of hydrogen-bond acceptors (Lipinski definition) is 3. The van der Waals surface area contributed by atoms with E-state index in [9.17, 15) is 14.4 Å². The molecule has 2 fully saturated rings. The highest BCUT2D eigenvalue weighted by Gasteiger charge is 2.31. The highest BCUT2D eigenvalue weighted by Crippen LogP contribution is 2.30. The Labute approximate surface area is 154 Å². The summed E-state index contributed by atoms with van der Waals surface area (Å²) < 4.78 is 0. The van der Waals surface area contributed by atoms with E-state index < -0.39 is 0 Å². The number of nitrogens with one attached hydrogen (secondary N) is 2. The second kappa shape index (κ2) is 8.47. The van der Waals surface area contributed by atoms with Crippen molar-refractivity contribution < 1.29 is 14.4 Å². The molecule has 2 saturated carbocycles. The van der Waals surface area contributed by atoms with Crippen LogP contribution >= 0.6 is 0 Å². The first-order chi connectivity index (χ1) is 12.5. The molecule has 0 saturated heterocycles. The van der Waals surface area contributed by atoms with Crippen molar-refractivity contribution in [1.82, 2.24) is 5.32 Å². The summed E-state index contributed by atoms with van der Waals surface area (Å²) in [6, 6.07) is 7.38. The molecule has 2 aliphatic carbocycles. The van der Waals surface area contributed by atoms with Gasteiger partial charge in [0.25, 0.3) is 0 Å². The van der Waals surface area contributed by atoms with E-state index in [0.29, 0.717) is 17.3 Å². The molecular weight excluding hydrogens is 328 g/mol. The van der Waals surface area contributed by atoms with Gasteiger partial charge in [0.2, 0.25) is 11.8 Å². The molecule has 0 spiro atoms. The maximum absolute atomic E-state index is 12.5. The van der Waals surface area contributed by atoms with Crippen molar-refractivity contribution in [1.29, 1.82) is 0 Å². The fourth-order valence-corrected chi connectivity index (χ4v) is 4.07. The molecular formula is C21H28N2O3. The maximum atomic E-state index is 12.5. The first kappa shape index (κ1) is 18.6. The van der Waals surface area contributed by atoms with E-state index in [1.165, 1.54) is 19.8 Å². The Bertz CT molecular complexity index is 672. The van der Waals surface area contributed by atoms with Crippen molar-refractivity contribution in [2.75, 3.05) is 5.32 Å². The number of anilines is 1. The Morgan fingerprint density at radius 3 is 2.12 bits per heavy atom. The number of Topliss-reactive ketones (excluding diaryl/α,β-unsaturated/α-hetero) is 1. The summed E-state index contributed by atoms with van der Waals surface area (Å²) in [6.45, 7) is 1.51. The number of benzene rings is 1. The van der Waals surface area contributed by atoms with Crippen LogP contribution in [0.15, 0.2) is 24.3 Å². The summed E-state index contributed by atoms with van der Waals surface area (Å²) in [4.78, 5) is 36.3. The summed E-state index contributed by atoms with van der Waals surface area (Å²) in [5.41, 5.74) is 1.25. The van der Waals surface area contributed by atoms with Crippen LogP contribution in [-0.4, -0.2) is 23.6 Å². The summed E-state index contributed by atoms with van der Waals surface area (Å²) in [5, 5.41) is 6.10. The largest absolute Gasteiger partial charge is 0.353 e. The quantitative estimate of drug-likeness (QED) is 0.790. The molecule has 3 rings (SSSR count). The monoisotopic (exact) mass is 356 g/mol. The van der Waals surface area contributed by atoms with Gasteiger partial charge in [0, 0.05) is 29.1 Å². The Morgan fingerprint density at radius 1 is 0.885 bits per heavy atom. The fourth-order valence-electron chi connectivity index (χ4n) is 4.07. The number of hydrogen-bond donors (Lipinski definition) is 2. The van der Waals surface area contributed by atoms with E-state index >= 15 is 0 Å². The van der Waals surface area contributed by atoms with Crippen molar-refractivity contribution in [3.05, 3.63) is 29.8 Å². The van der Waals surface area contributed by atoms with Crippen LogP contribution in [0.4, 0.5) is 5.69 Å². The van der Waals surface area contributed by atoms with E-state index in [2.05, 4.69) is 10.6 Å². The molecule has 2 aliphatic rings. The molecule has 0 aliphatic heterocycles. The van der Waals surface area contributed by atoms with Crippen molar-refractivity contribution >= 4 is 23.3 Å². The highest BCUT2D eigenvalue weighted by molar-refractivity contribution is 5.97. The second-order valence-electron chi connectivity index (χ2n) is 7.66. The smallest absolute Gasteiger partial charge is 0.227 e. The third-order valence-corrected chi connectivity index (χ3v) is 5.71. The predicted octanol–water partition coefficient (Wildman–Crippen LogP) is 3.69. The Morgan fingerprint density at radius 2 is 1.50 bits per heavy atom. The summed E-state index contributed by atoms with van der Waals surface area (Å²) in [7, 11) is 0. The predicted molar refractivity (Wildman–Crippen MR) is 101 cm³/mol. The number of amides is 2. The molecule has 5 nitrogen and oxygen atoms in total. The van der Waals surface area contributed by atoms with E-state index in [4.69, 9.17) is 0 Å². The molecule has 0 heterocycles. The first-order valence-corrected chi connectivity index (χ1v) is 9.75. The van der Waals surface area contributed by atoms with Crippen LogP contribution in [0.5, 0.6) is 0 Å². The van der Waals surface area contributed by atoms with Crippen LogP contribution in [-0.2, 0) is 9.59 Å². The molecule has 0 unspecified atom stereocenters. The van der Waals surface area contributed by atoms with E-state index in [-0.39, 0.29) is 29.4 Å². The third-order valence-electron chi connectivity index (χ3n) is 5.71. The topological polar surface area (TPSA) is 75.3 Å². The lowest BCUT2D eigenvalue weighted by atomic mass is 9.81. The molecule has 26 heavy (non-hydrogen) atoms. The van der Waals surface area contributed by atoms with Gasteiger partial charge in [-0.3, -0.25) is 14.4 Å². The van der Waals surface area contributed by atoms with Gasteiger partial charge in [-0.15, -0.1) is 0 Å². The Balaban J connectivity index is 1.48. The van der Waals surface area contributed by atoms with E-state index in [0.717, 1.165) is 38.5 Å². The zero-order valence-corrected chi connectivity index (χ0v) is 15.4. The molecule has 0 bridgehead atoms. The number of rotatable bonds is 5. The lowest BCUT2D eigenvalue weighted by Gasteiger charge is -2.28. The lowest BCUT2D eigenvalue weighted by molar-refractivity contribution is -0.129. The Hall–Kier alpha value is -2.17. The van der Waals surface area contributed by atoms with Gasteiger partial charge in [0.05, 0.1) is 0 Å². The van der Waals surface area contributed by atoms with Crippen LogP contribution in [0.25, 0.3) is 0 Å². The number of ketones is 1. The first-order valence-electron chi connectivity index (χ1n) is 9.75. The van der Waals surface area contributed by atoms with Crippen LogP contribution in [0.3, 0.4) is 0 Å². The molecule has 1 aromatic rings. The summed E-state index contributed by atoms with van der Waals surface area (Å²) in [6.07, 6.45) is 7.63. The summed E-state index contributed by atoms with van der Waals surface area (Å²) >= 11 is 0. The zero-order valence-electron chi connectivity index (χ0n) is 15.4. The van der Waals surface area contributed by atoms with Gasteiger partial charge in [0.15, 0.2) is 5.78 Å². The van der Waals surface area contributed by atoms with Crippen molar-refractivity contribution in [2.24, 2.45) is 11.8 Å². The van der Waals surface area contributed by atoms with Gasteiger partial charge in [-0.05, 0) is 57.6 Å². The molecule has 0 radical (unpaired) electrons. The standard InChI is InChI=1S/C21H28N2O3/c1-14(24)17-5-4-8-19(13-17)23-21(26)16-11-9-15(10-12-16)20(25)22-18-6-2-3-7-18/h4-5,8,13,15-16,18H,2-3,6-7,9-12H2,1H3,(H,22,25)(H,23,26). The second-order valence-corrected chi connectivity index (χ2v) is 7.66. The van der Waals surface area contributed by atoms with Crippen LogP contribution in [0.2, 0.25) is 0 Å². The zero-order chi connectivity index (χ0) is 18.5. The van der Waals surface area contributed by atoms with Gasteiger partial charge in [-0.2, -0.15) is 0 Å². The van der Waals surface area contributed by atoms with Gasteiger partial charge in [0.1, 0.15) is 0 Å². The minimum absolute atomic E-state index is 0.0136. The Kier molecular flexibility index (Phi) is 6.07. The third kappa shape index (κ3) is 4.71. The van der Waals surface area contributed by atoms with Crippen molar-refractivity contribution in [3.8, 4) is 0 Å². The lowest BCUT2D eigenvalue weighted by Crippen LogP contribution is -2.39. The van der Waals surface area contributed by atoms with Crippen LogP contribution in [0, 0.1) is 11.8 Å². The minimum Gasteiger partial charge on any atom is -0.353 e. The molecule has 5 heteroatoms. The van der Waals surface area contributed by atoms with Gasteiger partial charge >= 0.3 is 0 Å². The van der Waals surface area contributed by atoms with Crippen LogP contribution in [0.1, 0.15) is 68.6 Å². The fraction of sp³-hybridized carbons (Fsp3) is 0.571. The van der Waals surface area contributed by atoms with Gasteiger partial charge in [-0.25, -0.2) is 0 Å². The molecule has 2 N–H and O–H groups in total. The van der Waals surface area contributed by atoms with Gasteiger partial charge in [-0.1, -0.05) is 25.0 Å².